The zero-order valence-electron chi connectivity index (χ0n) is 19.4. The Morgan fingerprint density at radius 3 is 2.30 bits per heavy atom. The van der Waals surface area contributed by atoms with Crippen molar-refractivity contribution in [2.75, 3.05) is 5.32 Å². The minimum atomic E-state index is -0.654. The van der Waals surface area contributed by atoms with Crippen molar-refractivity contribution < 1.29 is 9.59 Å². The first-order valence-corrected chi connectivity index (χ1v) is 11.2. The Labute approximate surface area is 192 Å². The lowest BCUT2D eigenvalue weighted by molar-refractivity contribution is -0.119. The summed E-state index contributed by atoms with van der Waals surface area (Å²) in [7, 11) is 3.54. The van der Waals surface area contributed by atoms with Gasteiger partial charge in [-0.1, -0.05) is 19.8 Å². The maximum absolute atomic E-state index is 13.3. The summed E-state index contributed by atoms with van der Waals surface area (Å²) in [5.41, 5.74) is 2.69. The monoisotopic (exact) mass is 450 g/mol. The molecule has 0 aliphatic heterocycles. The molecule has 0 bridgehead atoms. The van der Waals surface area contributed by atoms with E-state index in [1.165, 1.54) is 4.68 Å². The van der Waals surface area contributed by atoms with Gasteiger partial charge in [-0.05, 0) is 43.2 Å². The van der Waals surface area contributed by atoms with Crippen molar-refractivity contribution in [3.8, 4) is 11.5 Å². The number of aromatic nitrogens is 6. The van der Waals surface area contributed by atoms with E-state index in [0.29, 0.717) is 23.1 Å². The van der Waals surface area contributed by atoms with Crippen LogP contribution < -0.4 is 10.6 Å². The first-order valence-electron chi connectivity index (χ1n) is 11.2. The molecule has 10 nitrogen and oxygen atoms in total. The van der Waals surface area contributed by atoms with Crippen LogP contribution in [-0.4, -0.2) is 47.4 Å². The van der Waals surface area contributed by atoms with E-state index in [1.54, 1.807) is 42.6 Å². The average molecular weight is 451 g/mol. The van der Waals surface area contributed by atoms with Gasteiger partial charge in [-0.3, -0.25) is 19.0 Å². The highest BCUT2D eigenvalue weighted by molar-refractivity contribution is 6.00. The number of anilines is 1. The summed E-state index contributed by atoms with van der Waals surface area (Å²) in [5, 5.41) is 14.1. The average Bonchev–Trinajstić information content (AvgIpc) is 3.38. The van der Waals surface area contributed by atoms with Crippen LogP contribution >= 0.6 is 0 Å². The fourth-order valence-corrected chi connectivity index (χ4v) is 4.43. The maximum atomic E-state index is 13.3. The highest BCUT2D eigenvalue weighted by Crippen LogP contribution is 2.31. The molecule has 0 aromatic carbocycles. The second-order valence-corrected chi connectivity index (χ2v) is 8.90. The Bertz CT molecular complexity index is 1110. The standard InChI is InChI=1S/C23H30N8O2/c1-14-5-7-16(8-6-14)19(29-22(32)18-9-10-26-30(18)3)23(33)28-17-12-24-21(25-13-17)20-15(2)11-27-31(20)4/h9-14,16,19H,5-8H2,1-4H3,(H,28,33)(H,29,32)/t14?,16?,19-/m0/s1. The minimum absolute atomic E-state index is 0.0654. The maximum Gasteiger partial charge on any atom is 0.270 e. The Hall–Kier alpha value is -3.56. The lowest BCUT2D eigenvalue weighted by Gasteiger charge is -2.32. The lowest BCUT2D eigenvalue weighted by Crippen LogP contribution is -2.49. The molecule has 174 valence electrons. The van der Waals surface area contributed by atoms with Crippen molar-refractivity contribution in [3.05, 3.63) is 42.1 Å². The molecular formula is C23H30N8O2. The van der Waals surface area contributed by atoms with E-state index in [4.69, 9.17) is 0 Å². The van der Waals surface area contributed by atoms with E-state index in [1.807, 2.05) is 14.0 Å². The summed E-state index contributed by atoms with van der Waals surface area (Å²) in [6.45, 7) is 4.17. The topological polar surface area (TPSA) is 120 Å². The molecule has 3 aromatic rings. The van der Waals surface area contributed by atoms with Crippen molar-refractivity contribution >= 4 is 17.5 Å². The van der Waals surface area contributed by atoms with Crippen molar-refractivity contribution in [2.24, 2.45) is 25.9 Å². The quantitative estimate of drug-likeness (QED) is 0.595. The normalized spacial score (nSPS) is 19.2. The first-order chi connectivity index (χ1) is 15.8. The second-order valence-electron chi connectivity index (χ2n) is 8.90. The van der Waals surface area contributed by atoms with Gasteiger partial charge < -0.3 is 10.6 Å². The number of rotatable bonds is 6. The molecule has 33 heavy (non-hydrogen) atoms. The Balaban J connectivity index is 1.51. The fourth-order valence-electron chi connectivity index (χ4n) is 4.43. The number of amides is 2. The number of nitrogens with one attached hydrogen (secondary N) is 2. The highest BCUT2D eigenvalue weighted by Gasteiger charge is 2.33. The van der Waals surface area contributed by atoms with E-state index < -0.39 is 6.04 Å². The van der Waals surface area contributed by atoms with Crippen LogP contribution in [0.3, 0.4) is 0 Å². The number of carbonyl (C=O) groups is 2. The molecule has 3 aromatic heterocycles. The third kappa shape index (κ3) is 4.94. The van der Waals surface area contributed by atoms with Gasteiger partial charge in [-0.15, -0.1) is 0 Å². The number of nitrogens with zero attached hydrogens (tertiary/aromatic N) is 6. The van der Waals surface area contributed by atoms with Crippen LogP contribution in [0.1, 0.15) is 48.7 Å². The number of carbonyl (C=O) groups excluding carboxylic acids is 2. The Morgan fingerprint density at radius 1 is 1.03 bits per heavy atom. The van der Waals surface area contributed by atoms with Gasteiger partial charge in [0, 0.05) is 20.3 Å². The van der Waals surface area contributed by atoms with Crippen LogP contribution in [0, 0.1) is 18.8 Å². The predicted octanol–water partition coefficient (Wildman–Crippen LogP) is 2.48. The largest absolute Gasteiger partial charge is 0.339 e. The first kappa shape index (κ1) is 22.6. The minimum Gasteiger partial charge on any atom is -0.339 e. The molecule has 1 atom stereocenters. The Morgan fingerprint density at radius 2 is 1.73 bits per heavy atom. The molecule has 10 heteroatoms. The second kappa shape index (κ2) is 9.51. The van der Waals surface area contributed by atoms with Crippen LogP contribution in [-0.2, 0) is 18.9 Å². The molecule has 0 unspecified atom stereocenters. The number of hydrogen-bond donors (Lipinski definition) is 2. The molecule has 0 spiro atoms. The molecule has 0 radical (unpaired) electrons. The molecule has 0 saturated heterocycles. The lowest BCUT2D eigenvalue weighted by atomic mass is 9.79. The van der Waals surface area contributed by atoms with Crippen molar-refractivity contribution in [3.63, 3.8) is 0 Å². The van der Waals surface area contributed by atoms with Crippen LogP contribution in [0.4, 0.5) is 5.69 Å². The van der Waals surface area contributed by atoms with E-state index >= 15 is 0 Å². The highest BCUT2D eigenvalue weighted by atomic mass is 16.2. The van der Waals surface area contributed by atoms with Crippen LogP contribution in [0.2, 0.25) is 0 Å². The fraction of sp³-hybridized carbons (Fsp3) is 0.478. The summed E-state index contributed by atoms with van der Waals surface area (Å²) in [6, 6.07) is 0.985. The Kier molecular flexibility index (Phi) is 6.52. The van der Waals surface area contributed by atoms with E-state index in [-0.39, 0.29) is 17.7 Å². The van der Waals surface area contributed by atoms with Gasteiger partial charge in [-0.2, -0.15) is 10.2 Å². The third-order valence-corrected chi connectivity index (χ3v) is 6.41. The van der Waals surface area contributed by atoms with Crippen LogP contribution in [0.25, 0.3) is 11.5 Å². The third-order valence-electron chi connectivity index (χ3n) is 6.41. The van der Waals surface area contributed by atoms with Gasteiger partial charge in [0.2, 0.25) is 5.91 Å². The zero-order valence-corrected chi connectivity index (χ0v) is 19.4. The van der Waals surface area contributed by atoms with E-state index in [0.717, 1.165) is 36.9 Å². The molecule has 1 saturated carbocycles. The van der Waals surface area contributed by atoms with Crippen molar-refractivity contribution in [1.82, 2.24) is 34.8 Å². The molecule has 1 fully saturated rings. The summed E-state index contributed by atoms with van der Waals surface area (Å²) in [4.78, 5) is 35.0. The summed E-state index contributed by atoms with van der Waals surface area (Å²) in [6.07, 6.45) is 10.3. The summed E-state index contributed by atoms with van der Waals surface area (Å²) < 4.78 is 3.22. The van der Waals surface area contributed by atoms with Crippen molar-refractivity contribution in [1.29, 1.82) is 0 Å². The molecule has 1 aliphatic rings. The molecule has 1 aliphatic carbocycles. The van der Waals surface area contributed by atoms with Gasteiger partial charge in [0.15, 0.2) is 5.82 Å². The smallest absolute Gasteiger partial charge is 0.270 e. The molecule has 4 rings (SSSR count). The van der Waals surface area contributed by atoms with Gasteiger partial charge in [-0.25, -0.2) is 9.97 Å². The number of aryl methyl sites for hydroxylation is 3. The van der Waals surface area contributed by atoms with Crippen molar-refractivity contribution in [2.45, 2.75) is 45.6 Å². The predicted molar refractivity (Wildman–Crippen MR) is 123 cm³/mol. The summed E-state index contributed by atoms with van der Waals surface area (Å²) >= 11 is 0. The molecule has 2 amide bonds. The zero-order chi connectivity index (χ0) is 23.5. The van der Waals surface area contributed by atoms with Gasteiger partial charge >= 0.3 is 0 Å². The SMILES string of the molecule is Cc1cnn(C)c1-c1ncc(NC(=O)[C@@H](NC(=O)c2ccnn2C)C2CCC(C)CC2)cn1. The number of hydrogen-bond acceptors (Lipinski definition) is 6. The van der Waals surface area contributed by atoms with E-state index in [2.05, 4.69) is 37.7 Å². The summed E-state index contributed by atoms with van der Waals surface area (Å²) in [5.74, 6) is 0.655. The molecule has 3 heterocycles. The van der Waals surface area contributed by atoms with E-state index in [9.17, 15) is 9.59 Å². The van der Waals surface area contributed by atoms with Gasteiger partial charge in [0.05, 0.1) is 24.3 Å². The van der Waals surface area contributed by atoms with Crippen LogP contribution in [0.5, 0.6) is 0 Å². The molecule has 2 N–H and O–H groups in total. The van der Waals surface area contributed by atoms with Crippen LogP contribution in [0.15, 0.2) is 30.9 Å². The van der Waals surface area contributed by atoms with Gasteiger partial charge in [0.1, 0.15) is 17.4 Å². The van der Waals surface area contributed by atoms with Gasteiger partial charge in [0.25, 0.3) is 5.91 Å². The molecular weight excluding hydrogens is 420 g/mol.